The maximum Gasteiger partial charge on any atom is 0.145 e. The van der Waals surface area contributed by atoms with Gasteiger partial charge in [0.1, 0.15) is 28.5 Å². The van der Waals surface area contributed by atoms with E-state index in [-0.39, 0.29) is 6.17 Å². The molecule has 4 nitrogen and oxygen atoms in total. The van der Waals surface area contributed by atoms with E-state index < -0.39 is 0 Å². The van der Waals surface area contributed by atoms with Gasteiger partial charge in [-0.3, -0.25) is 4.99 Å². The Balaban J connectivity index is 1.03. The molecule has 0 spiro atoms. The van der Waals surface area contributed by atoms with Crippen LogP contribution in [-0.4, -0.2) is 5.71 Å². The molecular formula is C50H32N2O2. The average Bonchev–Trinajstić information content (AvgIpc) is 3.81. The normalized spacial score (nSPS) is 14.5. The van der Waals surface area contributed by atoms with Gasteiger partial charge in [-0.25, -0.2) is 0 Å². The Kier molecular flexibility index (Phi) is 6.89. The fourth-order valence-corrected chi connectivity index (χ4v) is 8.03. The lowest BCUT2D eigenvalue weighted by atomic mass is 9.96. The highest BCUT2D eigenvalue weighted by Crippen LogP contribution is 2.41. The third-order valence-electron chi connectivity index (χ3n) is 10.7. The van der Waals surface area contributed by atoms with E-state index in [1.54, 1.807) is 0 Å². The van der Waals surface area contributed by atoms with Gasteiger partial charge in [0.25, 0.3) is 0 Å². The molecular weight excluding hydrogens is 661 g/mol. The lowest BCUT2D eigenvalue weighted by molar-refractivity contribution is 0.663. The van der Waals surface area contributed by atoms with Gasteiger partial charge in [0.05, 0.1) is 5.71 Å². The van der Waals surface area contributed by atoms with Crippen LogP contribution in [0.4, 0.5) is 0 Å². The third-order valence-corrected chi connectivity index (χ3v) is 10.7. The summed E-state index contributed by atoms with van der Waals surface area (Å²) in [6.07, 6.45) is 1.89. The van der Waals surface area contributed by atoms with E-state index in [2.05, 4.69) is 169 Å². The van der Waals surface area contributed by atoms with Crippen LogP contribution >= 0.6 is 0 Å². The molecule has 0 saturated carbocycles. The highest BCUT2D eigenvalue weighted by Gasteiger charge is 2.23. The highest BCUT2D eigenvalue weighted by molar-refractivity contribution is 6.24. The molecule has 2 aromatic heterocycles. The number of nitrogens with zero attached hydrogens (tertiary/aromatic N) is 1. The molecule has 54 heavy (non-hydrogen) atoms. The van der Waals surface area contributed by atoms with Crippen molar-refractivity contribution in [2.75, 3.05) is 0 Å². The molecule has 1 N–H and O–H groups in total. The summed E-state index contributed by atoms with van der Waals surface area (Å²) < 4.78 is 13.2. The Bertz CT molecular complexity index is 3110. The molecule has 3 heterocycles. The summed E-state index contributed by atoms with van der Waals surface area (Å²) in [4.78, 5) is 5.35. The van der Waals surface area contributed by atoms with Crippen LogP contribution in [0.1, 0.15) is 22.9 Å². The lowest BCUT2D eigenvalue weighted by Crippen LogP contribution is -2.24. The number of para-hydroxylation sites is 1. The zero-order valence-electron chi connectivity index (χ0n) is 29.2. The van der Waals surface area contributed by atoms with Crippen LogP contribution in [0, 0.1) is 0 Å². The maximum atomic E-state index is 6.63. The molecule has 0 aliphatic carbocycles. The van der Waals surface area contributed by atoms with E-state index in [1.165, 1.54) is 21.9 Å². The SMILES string of the molecule is C1=C(c2ccccc2)NC(c2ccc(-c3ccccc3)cc2)N=C1c1cccc2oc3cc(-c4cccc5c4oc4cc6ccccc6cc45)ccc3c12. The van der Waals surface area contributed by atoms with Gasteiger partial charge in [-0.15, -0.1) is 0 Å². The number of furan rings is 2. The molecule has 0 radical (unpaired) electrons. The molecule has 11 rings (SSSR count). The number of fused-ring (bicyclic) bond motifs is 7. The number of nitrogens with one attached hydrogen (secondary N) is 1. The Morgan fingerprint density at radius 2 is 1.11 bits per heavy atom. The molecule has 1 atom stereocenters. The highest BCUT2D eigenvalue weighted by atomic mass is 16.3. The van der Waals surface area contributed by atoms with Crippen LogP contribution in [0.3, 0.4) is 0 Å². The van der Waals surface area contributed by atoms with Gasteiger partial charge < -0.3 is 14.2 Å². The molecule has 0 saturated heterocycles. The van der Waals surface area contributed by atoms with Gasteiger partial charge in [-0.2, -0.15) is 0 Å². The number of allylic oxidation sites excluding steroid dienone is 1. The van der Waals surface area contributed by atoms with E-state index in [4.69, 9.17) is 13.8 Å². The topological polar surface area (TPSA) is 50.7 Å². The van der Waals surface area contributed by atoms with Gasteiger partial charge in [0.2, 0.25) is 0 Å². The van der Waals surface area contributed by atoms with E-state index >= 15 is 0 Å². The molecule has 1 aliphatic rings. The minimum atomic E-state index is -0.271. The van der Waals surface area contributed by atoms with Crippen LogP contribution in [0.5, 0.6) is 0 Å². The first kappa shape index (κ1) is 30.5. The van der Waals surface area contributed by atoms with Crippen molar-refractivity contribution in [3.8, 4) is 22.3 Å². The van der Waals surface area contributed by atoms with Crippen molar-refractivity contribution in [1.29, 1.82) is 0 Å². The number of benzene rings is 8. The minimum absolute atomic E-state index is 0.271. The first-order valence-electron chi connectivity index (χ1n) is 18.3. The van der Waals surface area contributed by atoms with Crippen LogP contribution in [0.2, 0.25) is 0 Å². The average molecular weight is 693 g/mol. The van der Waals surface area contributed by atoms with Crippen LogP contribution < -0.4 is 5.32 Å². The zero-order valence-corrected chi connectivity index (χ0v) is 29.2. The molecule has 1 aliphatic heterocycles. The Hall–Kier alpha value is -7.17. The number of rotatable bonds is 5. The summed E-state index contributed by atoms with van der Waals surface area (Å²) in [7, 11) is 0. The summed E-state index contributed by atoms with van der Waals surface area (Å²) >= 11 is 0. The first-order valence-corrected chi connectivity index (χ1v) is 18.3. The van der Waals surface area contributed by atoms with Crippen molar-refractivity contribution in [3.63, 3.8) is 0 Å². The summed E-state index contributed by atoms with van der Waals surface area (Å²) in [5.41, 5.74) is 13.0. The molecule has 0 amide bonds. The van der Waals surface area contributed by atoms with Crippen molar-refractivity contribution in [2.24, 2.45) is 4.99 Å². The monoisotopic (exact) mass is 692 g/mol. The zero-order chi connectivity index (χ0) is 35.6. The molecule has 0 bridgehead atoms. The van der Waals surface area contributed by atoms with Crippen molar-refractivity contribution in [1.82, 2.24) is 5.32 Å². The summed E-state index contributed by atoms with van der Waals surface area (Å²) in [5, 5.41) is 10.4. The number of aliphatic imine (C=N–C) groups is 1. The Labute approximate surface area is 311 Å². The fraction of sp³-hybridized carbons (Fsp3) is 0.0200. The van der Waals surface area contributed by atoms with Crippen molar-refractivity contribution in [3.05, 3.63) is 199 Å². The standard InChI is InChI=1S/C50H32N2O2/c1-3-11-31(12-4-1)32-21-23-34(24-22-32)50-51-43(33-13-5-2-6-14-33)30-44(52-50)40-19-10-20-45-48(40)41-26-25-37(29-46(41)53-45)38-17-9-18-39-42-27-35-15-7-8-16-36(35)28-47(42)54-49(38)39/h1-30,50-51H. The molecule has 4 heteroatoms. The first-order chi connectivity index (χ1) is 26.7. The third kappa shape index (κ3) is 5.03. The van der Waals surface area contributed by atoms with Crippen LogP contribution in [-0.2, 0) is 0 Å². The summed E-state index contributed by atoms with van der Waals surface area (Å²) in [6.45, 7) is 0. The maximum absolute atomic E-state index is 6.63. The fourth-order valence-electron chi connectivity index (χ4n) is 8.03. The van der Waals surface area contributed by atoms with Crippen LogP contribution in [0.15, 0.2) is 196 Å². The molecule has 0 fully saturated rings. The van der Waals surface area contributed by atoms with E-state index in [9.17, 15) is 0 Å². The second kappa shape index (κ2) is 12.2. The number of hydrogen-bond acceptors (Lipinski definition) is 4. The van der Waals surface area contributed by atoms with Crippen molar-refractivity contribution < 1.29 is 8.83 Å². The van der Waals surface area contributed by atoms with Gasteiger partial charge >= 0.3 is 0 Å². The smallest absolute Gasteiger partial charge is 0.145 e. The molecule has 10 aromatic rings. The largest absolute Gasteiger partial charge is 0.456 e. The van der Waals surface area contributed by atoms with Crippen molar-refractivity contribution in [2.45, 2.75) is 6.17 Å². The lowest BCUT2D eigenvalue weighted by Gasteiger charge is -2.25. The summed E-state index contributed by atoms with van der Waals surface area (Å²) in [6, 6.07) is 61.6. The summed E-state index contributed by atoms with van der Waals surface area (Å²) in [5.74, 6) is 0. The Morgan fingerprint density at radius 3 is 1.93 bits per heavy atom. The van der Waals surface area contributed by atoms with Gasteiger partial charge in [0, 0.05) is 38.4 Å². The second-order valence-electron chi connectivity index (χ2n) is 13.9. The Morgan fingerprint density at radius 1 is 0.444 bits per heavy atom. The van der Waals surface area contributed by atoms with Gasteiger partial charge in [-0.1, -0.05) is 146 Å². The predicted molar refractivity (Wildman–Crippen MR) is 223 cm³/mol. The quantitative estimate of drug-likeness (QED) is 0.195. The molecule has 8 aromatic carbocycles. The minimum Gasteiger partial charge on any atom is -0.456 e. The van der Waals surface area contributed by atoms with E-state index in [1.807, 2.05) is 18.2 Å². The van der Waals surface area contributed by atoms with Gasteiger partial charge in [-0.05, 0) is 75.0 Å². The molecule has 254 valence electrons. The predicted octanol–water partition coefficient (Wildman–Crippen LogP) is 13.1. The number of hydrogen-bond donors (Lipinski definition) is 1. The second-order valence-corrected chi connectivity index (χ2v) is 13.9. The van der Waals surface area contributed by atoms with Crippen LogP contribution in [0.25, 0.3) is 82.6 Å². The van der Waals surface area contributed by atoms with Gasteiger partial charge in [0.15, 0.2) is 0 Å². The van der Waals surface area contributed by atoms with E-state index in [0.29, 0.717) is 0 Å². The van der Waals surface area contributed by atoms with E-state index in [0.717, 1.165) is 83.1 Å². The molecule has 1 unspecified atom stereocenters. The van der Waals surface area contributed by atoms with Crippen molar-refractivity contribution >= 4 is 66.1 Å².